The van der Waals surface area contributed by atoms with Gasteiger partial charge in [-0.15, -0.1) is 0 Å². The van der Waals surface area contributed by atoms with Gasteiger partial charge in [0, 0.05) is 12.1 Å². The summed E-state index contributed by atoms with van der Waals surface area (Å²) in [6.45, 7) is 5.42. The summed E-state index contributed by atoms with van der Waals surface area (Å²) < 4.78 is 36.1. The van der Waals surface area contributed by atoms with Crippen molar-refractivity contribution < 1.29 is 12.8 Å². The Balaban J connectivity index is 1.97. The van der Waals surface area contributed by atoms with Crippen molar-refractivity contribution in [3.63, 3.8) is 0 Å². The first kappa shape index (κ1) is 14.5. The quantitative estimate of drug-likeness (QED) is 0.919. The average molecular weight is 285 g/mol. The molecular formula is C14H20FNO2S. The molecule has 19 heavy (non-hydrogen) atoms. The normalized spacial score (nSPS) is 25.6. The van der Waals surface area contributed by atoms with Gasteiger partial charge in [-0.05, 0) is 38.8 Å². The van der Waals surface area contributed by atoms with Crippen molar-refractivity contribution in [2.75, 3.05) is 5.75 Å². The number of hydrogen-bond donors (Lipinski definition) is 1. The van der Waals surface area contributed by atoms with Crippen LogP contribution in [-0.2, 0) is 16.3 Å². The molecule has 5 heteroatoms. The van der Waals surface area contributed by atoms with E-state index in [1.807, 2.05) is 13.0 Å². The second kappa shape index (κ2) is 4.87. The Hall–Kier alpha value is -0.940. The Morgan fingerprint density at radius 1 is 1.42 bits per heavy atom. The third kappa shape index (κ3) is 2.67. The predicted molar refractivity (Wildman–Crippen MR) is 74.4 cm³/mol. The maximum atomic E-state index is 13.5. The first-order valence-corrected chi connectivity index (χ1v) is 8.11. The SMILES string of the molecule is CC(Cc1ccccc1F)N[C@H]1CS(=O)(=O)C1(C)C. The third-order valence-electron chi connectivity index (χ3n) is 4.00. The standard InChI is InChI=1S/C14H20FNO2S/c1-10(8-11-6-4-5-7-12(11)15)16-13-9-19(17,18)14(13,2)3/h4-7,10,13,16H,8-9H2,1-3H3/t10?,13-/m0/s1. The molecule has 0 saturated carbocycles. The molecule has 1 saturated heterocycles. The van der Waals surface area contributed by atoms with E-state index < -0.39 is 14.6 Å². The van der Waals surface area contributed by atoms with Crippen molar-refractivity contribution in [3.8, 4) is 0 Å². The van der Waals surface area contributed by atoms with Crippen molar-refractivity contribution in [1.82, 2.24) is 5.32 Å². The van der Waals surface area contributed by atoms with Gasteiger partial charge in [0.25, 0.3) is 0 Å². The number of hydrogen-bond acceptors (Lipinski definition) is 3. The minimum Gasteiger partial charge on any atom is -0.309 e. The highest BCUT2D eigenvalue weighted by Gasteiger charge is 2.53. The van der Waals surface area contributed by atoms with Gasteiger partial charge < -0.3 is 5.32 Å². The lowest BCUT2D eigenvalue weighted by atomic mass is 10.0. The van der Waals surface area contributed by atoms with Crippen LogP contribution in [0.4, 0.5) is 4.39 Å². The van der Waals surface area contributed by atoms with E-state index in [1.54, 1.807) is 26.0 Å². The van der Waals surface area contributed by atoms with E-state index in [1.165, 1.54) is 6.07 Å². The van der Waals surface area contributed by atoms with Gasteiger partial charge in [-0.1, -0.05) is 18.2 Å². The summed E-state index contributed by atoms with van der Waals surface area (Å²) in [7, 11) is -2.97. The number of sulfone groups is 1. The van der Waals surface area contributed by atoms with Crippen LogP contribution in [-0.4, -0.2) is 31.0 Å². The van der Waals surface area contributed by atoms with E-state index in [4.69, 9.17) is 0 Å². The van der Waals surface area contributed by atoms with Crippen LogP contribution in [0.1, 0.15) is 26.3 Å². The molecule has 1 unspecified atom stereocenters. The molecule has 1 aromatic carbocycles. The summed E-state index contributed by atoms with van der Waals surface area (Å²) in [5.74, 6) is -0.0432. The molecule has 0 amide bonds. The summed E-state index contributed by atoms with van der Waals surface area (Å²) in [4.78, 5) is 0. The van der Waals surface area contributed by atoms with Gasteiger partial charge in [0.15, 0.2) is 9.84 Å². The first-order chi connectivity index (χ1) is 8.74. The molecule has 1 N–H and O–H groups in total. The van der Waals surface area contributed by atoms with Crippen LogP contribution >= 0.6 is 0 Å². The lowest BCUT2D eigenvalue weighted by molar-refractivity contribution is 0.352. The van der Waals surface area contributed by atoms with Crippen LogP contribution in [0.2, 0.25) is 0 Å². The second-order valence-corrected chi connectivity index (χ2v) is 8.42. The van der Waals surface area contributed by atoms with E-state index in [0.29, 0.717) is 12.0 Å². The van der Waals surface area contributed by atoms with Crippen molar-refractivity contribution in [3.05, 3.63) is 35.6 Å². The molecule has 0 bridgehead atoms. The predicted octanol–water partition coefficient (Wildman–Crippen LogP) is 1.92. The number of benzene rings is 1. The zero-order valence-electron chi connectivity index (χ0n) is 11.5. The fraction of sp³-hybridized carbons (Fsp3) is 0.571. The number of halogens is 1. The summed E-state index contributed by atoms with van der Waals surface area (Å²) in [5.41, 5.74) is 0.655. The van der Waals surface area contributed by atoms with Gasteiger partial charge in [0.2, 0.25) is 0 Å². The number of nitrogens with one attached hydrogen (secondary N) is 1. The molecule has 1 heterocycles. The van der Waals surface area contributed by atoms with Gasteiger partial charge in [-0.3, -0.25) is 0 Å². The second-order valence-electron chi connectivity index (χ2n) is 5.80. The molecule has 1 fully saturated rings. The van der Waals surface area contributed by atoms with Gasteiger partial charge in [-0.25, -0.2) is 12.8 Å². The van der Waals surface area contributed by atoms with Crippen molar-refractivity contribution >= 4 is 9.84 Å². The molecule has 1 aliphatic rings. The first-order valence-electron chi connectivity index (χ1n) is 6.46. The highest BCUT2D eigenvalue weighted by molar-refractivity contribution is 7.94. The molecule has 2 rings (SSSR count). The molecule has 1 aliphatic heterocycles. The summed E-state index contributed by atoms with van der Waals surface area (Å²) in [6, 6.07) is 6.66. The number of rotatable bonds is 4. The highest BCUT2D eigenvalue weighted by Crippen LogP contribution is 2.33. The summed E-state index contributed by atoms with van der Waals surface area (Å²) in [5, 5.41) is 3.29. The van der Waals surface area contributed by atoms with E-state index in [2.05, 4.69) is 5.32 Å². The van der Waals surface area contributed by atoms with E-state index in [-0.39, 0.29) is 23.7 Å². The van der Waals surface area contributed by atoms with Crippen LogP contribution in [0.3, 0.4) is 0 Å². The molecule has 2 atom stereocenters. The van der Waals surface area contributed by atoms with Gasteiger partial charge in [0.1, 0.15) is 5.82 Å². The minimum atomic E-state index is -2.97. The lowest BCUT2D eigenvalue weighted by Crippen LogP contribution is -2.67. The lowest BCUT2D eigenvalue weighted by Gasteiger charge is -2.45. The summed E-state index contributed by atoms with van der Waals surface area (Å²) >= 11 is 0. The van der Waals surface area contributed by atoms with Crippen LogP contribution in [0.25, 0.3) is 0 Å². The Morgan fingerprint density at radius 2 is 2.05 bits per heavy atom. The van der Waals surface area contributed by atoms with Crippen molar-refractivity contribution in [1.29, 1.82) is 0 Å². The Morgan fingerprint density at radius 3 is 2.58 bits per heavy atom. The topological polar surface area (TPSA) is 46.2 Å². The van der Waals surface area contributed by atoms with E-state index in [0.717, 1.165) is 0 Å². The fourth-order valence-corrected chi connectivity index (χ4v) is 4.07. The monoisotopic (exact) mass is 285 g/mol. The maximum Gasteiger partial charge on any atom is 0.158 e. The Labute approximate surface area is 114 Å². The van der Waals surface area contributed by atoms with E-state index >= 15 is 0 Å². The van der Waals surface area contributed by atoms with Crippen LogP contribution < -0.4 is 5.32 Å². The average Bonchev–Trinajstić information content (AvgIpc) is 2.31. The molecule has 3 nitrogen and oxygen atoms in total. The van der Waals surface area contributed by atoms with Gasteiger partial charge in [0.05, 0.1) is 10.5 Å². The van der Waals surface area contributed by atoms with Gasteiger partial charge >= 0.3 is 0 Å². The zero-order valence-corrected chi connectivity index (χ0v) is 12.3. The van der Waals surface area contributed by atoms with E-state index in [9.17, 15) is 12.8 Å². The molecule has 1 aromatic rings. The van der Waals surface area contributed by atoms with Gasteiger partial charge in [-0.2, -0.15) is 0 Å². The zero-order chi connectivity index (χ0) is 14.3. The van der Waals surface area contributed by atoms with Crippen molar-refractivity contribution in [2.24, 2.45) is 0 Å². The third-order valence-corrected chi connectivity index (χ3v) is 6.66. The van der Waals surface area contributed by atoms with Crippen LogP contribution in [0.15, 0.2) is 24.3 Å². The molecule has 0 aromatic heterocycles. The Kier molecular flexibility index (Phi) is 3.71. The highest BCUT2D eigenvalue weighted by atomic mass is 32.2. The molecule has 0 spiro atoms. The maximum absolute atomic E-state index is 13.5. The van der Waals surface area contributed by atoms with Crippen LogP contribution in [0.5, 0.6) is 0 Å². The molecule has 0 aliphatic carbocycles. The largest absolute Gasteiger partial charge is 0.309 e. The smallest absolute Gasteiger partial charge is 0.158 e. The minimum absolute atomic E-state index is 0.0386. The summed E-state index contributed by atoms with van der Waals surface area (Å²) in [6.07, 6.45) is 0.555. The molecule has 106 valence electrons. The molecule has 0 radical (unpaired) electrons. The fourth-order valence-electron chi connectivity index (χ4n) is 2.40. The van der Waals surface area contributed by atoms with Crippen LogP contribution in [0, 0.1) is 5.82 Å². The molecular weight excluding hydrogens is 265 g/mol. The van der Waals surface area contributed by atoms with Crippen molar-refractivity contribution in [2.45, 2.75) is 44.0 Å². The Bertz CT molecular complexity index is 569.